The second kappa shape index (κ2) is 8.85. The zero-order chi connectivity index (χ0) is 20.3. The van der Waals surface area contributed by atoms with E-state index < -0.39 is 19.9 Å². The maximum atomic E-state index is 14.7. The minimum atomic E-state index is -1.42. The van der Waals surface area contributed by atoms with Crippen molar-refractivity contribution < 1.29 is 13.9 Å². The van der Waals surface area contributed by atoms with E-state index in [2.05, 4.69) is 33.9 Å². The van der Waals surface area contributed by atoms with Crippen LogP contribution in [0.4, 0.5) is 4.39 Å². The third-order valence-corrected chi connectivity index (χ3v) is 11.5. The number of benzene rings is 1. The molecule has 1 unspecified atom stereocenters. The molecule has 3 nitrogen and oxygen atoms in total. The first-order valence-electron chi connectivity index (χ1n) is 9.24. The zero-order valence-electron chi connectivity index (χ0n) is 17.1. The third kappa shape index (κ3) is 5.30. The van der Waals surface area contributed by atoms with E-state index in [0.717, 1.165) is 12.5 Å². The summed E-state index contributed by atoms with van der Waals surface area (Å²) in [4.78, 5) is 11.9. The molecule has 6 heteroatoms. The summed E-state index contributed by atoms with van der Waals surface area (Å²) >= 11 is 6.01. The summed E-state index contributed by atoms with van der Waals surface area (Å²) < 4.78 is 20.3. The van der Waals surface area contributed by atoms with Crippen LogP contribution in [-0.4, -0.2) is 20.5 Å². The number of carbonyl (C=O) groups excluding carboxylic acids is 1. The van der Waals surface area contributed by atoms with Crippen LogP contribution in [0, 0.1) is 5.82 Å². The number of ketones is 1. The van der Waals surface area contributed by atoms with E-state index in [1.807, 2.05) is 0 Å². The first-order valence-corrected chi connectivity index (χ1v) is 12.8. The second-order valence-corrected chi connectivity index (χ2v) is 14.8. The predicted octanol–water partition coefficient (Wildman–Crippen LogP) is 6.37. The number of rotatable bonds is 8. The van der Waals surface area contributed by atoms with Gasteiger partial charge in [-0.3, -0.25) is 4.79 Å². The lowest BCUT2D eigenvalue weighted by Crippen LogP contribution is -2.36. The van der Waals surface area contributed by atoms with Gasteiger partial charge in [-0.15, -0.1) is 0 Å². The van der Waals surface area contributed by atoms with E-state index in [-0.39, 0.29) is 27.7 Å². The molecule has 0 fully saturated rings. The lowest BCUT2D eigenvalue weighted by atomic mass is 9.97. The molecule has 0 aromatic heterocycles. The molecule has 0 spiro atoms. The molecular formula is C20H33ClFNO2Si. The van der Waals surface area contributed by atoms with Crippen molar-refractivity contribution in [1.29, 1.82) is 0 Å². The van der Waals surface area contributed by atoms with Crippen LogP contribution in [-0.2, 0) is 0 Å². The maximum Gasteiger partial charge on any atom is 0.163 e. The van der Waals surface area contributed by atoms with Crippen LogP contribution >= 0.6 is 11.6 Å². The van der Waals surface area contributed by atoms with Gasteiger partial charge in [-0.2, -0.15) is 0 Å². The largest absolute Gasteiger partial charge is 0.493 e. The van der Waals surface area contributed by atoms with Gasteiger partial charge in [0.15, 0.2) is 5.78 Å². The van der Waals surface area contributed by atoms with E-state index >= 15 is 0 Å². The van der Waals surface area contributed by atoms with E-state index in [0.29, 0.717) is 18.1 Å². The Morgan fingerprint density at radius 3 is 2.42 bits per heavy atom. The highest BCUT2D eigenvalue weighted by atomic mass is 35.5. The molecule has 1 atom stereocenters. The Kier molecular flexibility index (Phi) is 7.87. The second-order valence-electron chi connectivity index (χ2n) is 8.58. The Balaban J connectivity index is 3.11. The Bertz CT molecular complexity index is 656. The number of carbonyl (C=O) groups is 1. The number of nitrogens with two attached hydrogens (primary N) is 1. The van der Waals surface area contributed by atoms with Crippen molar-refractivity contribution >= 4 is 25.5 Å². The summed E-state index contributed by atoms with van der Waals surface area (Å²) in [7, 11) is -1.42. The topological polar surface area (TPSA) is 52.3 Å². The van der Waals surface area contributed by atoms with E-state index in [1.165, 1.54) is 13.0 Å². The first-order chi connectivity index (χ1) is 11.8. The predicted molar refractivity (Wildman–Crippen MR) is 111 cm³/mol. The van der Waals surface area contributed by atoms with Crippen molar-refractivity contribution in [2.24, 2.45) is 5.73 Å². The van der Waals surface area contributed by atoms with Crippen molar-refractivity contribution in [2.45, 2.75) is 77.7 Å². The molecule has 0 aliphatic heterocycles. The van der Waals surface area contributed by atoms with Crippen LogP contribution in [0.25, 0.3) is 0 Å². The molecule has 148 valence electrons. The fourth-order valence-electron chi connectivity index (χ4n) is 2.80. The molecule has 0 bridgehead atoms. The number of hydrogen-bond donors (Lipinski definition) is 1. The molecular weight excluding hydrogens is 369 g/mol. The van der Waals surface area contributed by atoms with Crippen molar-refractivity contribution in [3.05, 3.63) is 28.0 Å². The van der Waals surface area contributed by atoms with Crippen LogP contribution in [0.5, 0.6) is 5.75 Å². The molecule has 1 aromatic rings. The van der Waals surface area contributed by atoms with E-state index in [9.17, 15) is 9.18 Å². The summed E-state index contributed by atoms with van der Waals surface area (Å²) in [6.45, 7) is 15.1. The van der Waals surface area contributed by atoms with E-state index in [1.54, 1.807) is 6.92 Å². The highest BCUT2D eigenvalue weighted by Crippen LogP contribution is 2.41. The molecule has 0 saturated heterocycles. The molecule has 0 heterocycles. The van der Waals surface area contributed by atoms with Gasteiger partial charge in [-0.05, 0) is 31.4 Å². The normalized spacial score (nSPS) is 13.6. The van der Waals surface area contributed by atoms with Crippen LogP contribution in [0.2, 0.25) is 29.2 Å². The quantitative estimate of drug-likeness (QED) is 0.406. The summed E-state index contributed by atoms with van der Waals surface area (Å²) in [5, 5.41) is 0.213. The van der Waals surface area contributed by atoms with Crippen molar-refractivity contribution in [3.8, 4) is 5.75 Å². The Morgan fingerprint density at radius 2 is 1.96 bits per heavy atom. The average molecular weight is 402 g/mol. The smallest absolute Gasteiger partial charge is 0.163 e. The highest BCUT2D eigenvalue weighted by Gasteiger charge is 2.34. The van der Waals surface area contributed by atoms with Gasteiger partial charge in [0, 0.05) is 11.6 Å². The summed E-state index contributed by atoms with van der Waals surface area (Å²) in [6.07, 6.45) is 1.53. The molecule has 2 N–H and O–H groups in total. The molecule has 0 saturated carbocycles. The first kappa shape index (κ1) is 23.1. The Labute approximate surface area is 163 Å². The molecule has 26 heavy (non-hydrogen) atoms. The third-order valence-electron chi connectivity index (χ3n) is 5.59. The highest BCUT2D eigenvalue weighted by molar-refractivity contribution is 6.80. The average Bonchev–Trinajstić information content (AvgIpc) is 2.49. The number of hydrogen-bond acceptors (Lipinski definition) is 3. The van der Waals surface area contributed by atoms with Crippen LogP contribution < -0.4 is 10.5 Å². The SMILES string of the molecule is CCOc1c(C(C)=O)cc(Cl)c(F)c1C(N)CCC[Si](C)(C)C(C)(C)C. The van der Waals surface area contributed by atoms with Crippen LogP contribution in [0.1, 0.15) is 69.4 Å². The zero-order valence-corrected chi connectivity index (χ0v) is 18.9. The molecule has 1 aromatic carbocycles. The number of Topliss-reactive ketones (excluding diaryl/α,β-unsaturated/α-hetero) is 1. The Hall–Kier alpha value is -0.913. The fraction of sp³-hybridized carbons (Fsp3) is 0.650. The molecule has 0 aliphatic carbocycles. The molecule has 1 rings (SSSR count). The van der Waals surface area contributed by atoms with E-state index in [4.69, 9.17) is 22.1 Å². The monoisotopic (exact) mass is 401 g/mol. The fourth-order valence-corrected chi connectivity index (χ4v) is 4.85. The van der Waals surface area contributed by atoms with Crippen molar-refractivity contribution in [1.82, 2.24) is 0 Å². The number of halogens is 2. The lowest BCUT2D eigenvalue weighted by molar-refractivity contribution is 0.101. The van der Waals surface area contributed by atoms with Gasteiger partial charge in [0.1, 0.15) is 11.6 Å². The Morgan fingerprint density at radius 1 is 1.38 bits per heavy atom. The minimum Gasteiger partial charge on any atom is -0.493 e. The van der Waals surface area contributed by atoms with Crippen molar-refractivity contribution in [3.63, 3.8) is 0 Å². The summed E-state index contributed by atoms with van der Waals surface area (Å²) in [6, 6.07) is 1.88. The molecule has 0 radical (unpaired) electrons. The molecule has 0 aliphatic rings. The van der Waals surface area contributed by atoms with Gasteiger partial charge >= 0.3 is 0 Å². The minimum absolute atomic E-state index is 0.0894. The molecule has 0 amide bonds. The van der Waals surface area contributed by atoms with Gasteiger partial charge in [0.2, 0.25) is 0 Å². The summed E-state index contributed by atoms with van der Waals surface area (Å²) in [5.74, 6) is -0.563. The number of ether oxygens (including phenoxy) is 1. The van der Waals surface area contributed by atoms with Gasteiger partial charge in [-0.25, -0.2) is 4.39 Å². The lowest BCUT2D eigenvalue weighted by Gasteiger charge is -2.37. The van der Waals surface area contributed by atoms with Gasteiger partial charge < -0.3 is 10.5 Å². The van der Waals surface area contributed by atoms with Gasteiger partial charge in [0.05, 0.1) is 25.3 Å². The standard InChI is InChI=1S/C20H33ClFNO2Si/c1-8-25-19-14(13(2)24)12-15(21)18(22)17(19)16(23)10-9-11-26(6,7)20(3,4)5/h12,16H,8-11,23H2,1-7H3. The van der Waals surface area contributed by atoms with Gasteiger partial charge in [-0.1, -0.05) is 57.9 Å². The summed E-state index contributed by atoms with van der Waals surface area (Å²) in [5.41, 5.74) is 6.84. The van der Waals surface area contributed by atoms with Crippen molar-refractivity contribution in [2.75, 3.05) is 6.61 Å². The van der Waals surface area contributed by atoms with Crippen LogP contribution in [0.3, 0.4) is 0 Å². The van der Waals surface area contributed by atoms with Gasteiger partial charge in [0.25, 0.3) is 0 Å². The maximum absolute atomic E-state index is 14.7. The van der Waals surface area contributed by atoms with Crippen LogP contribution in [0.15, 0.2) is 6.07 Å².